The van der Waals surface area contributed by atoms with Crippen LogP contribution in [0, 0.1) is 13.8 Å². The fourth-order valence-corrected chi connectivity index (χ4v) is 3.71. The summed E-state index contributed by atoms with van der Waals surface area (Å²) in [6.45, 7) is 4.12. The Kier molecular flexibility index (Phi) is 5.08. The van der Waals surface area contributed by atoms with Crippen molar-refractivity contribution in [3.63, 3.8) is 0 Å². The molecule has 0 aliphatic carbocycles. The number of benzene rings is 3. The van der Waals surface area contributed by atoms with Gasteiger partial charge in [-0.25, -0.2) is 0 Å². The highest BCUT2D eigenvalue weighted by Crippen LogP contribution is 2.21. The molecule has 0 aliphatic rings. The number of phenolic OH excluding ortho intramolecular Hbond substituents is 1. The Morgan fingerprint density at radius 2 is 1.54 bits per heavy atom. The van der Waals surface area contributed by atoms with Crippen molar-refractivity contribution in [1.82, 2.24) is 0 Å². The van der Waals surface area contributed by atoms with E-state index in [0.717, 1.165) is 22.1 Å². The Morgan fingerprint density at radius 3 is 2.33 bits per heavy atom. The van der Waals surface area contributed by atoms with Crippen LogP contribution >= 0.6 is 8.58 Å². The highest BCUT2D eigenvalue weighted by atomic mass is 31.1. The molecular weight excluding hydrogens is 313 g/mol. The zero-order chi connectivity index (χ0) is 16.9. The number of aliphatic imine (C=N–C) groups is 1. The fraction of sp³-hybridized carbons (Fsp3) is 0.0952. The van der Waals surface area contributed by atoms with Crippen LogP contribution in [0.15, 0.2) is 71.7 Å². The summed E-state index contributed by atoms with van der Waals surface area (Å²) in [6.07, 6.45) is 1.91. The predicted octanol–water partition coefficient (Wildman–Crippen LogP) is 4.39. The number of para-hydroxylation sites is 1. The lowest BCUT2D eigenvalue weighted by molar-refractivity contribution is 0.479. The van der Waals surface area contributed by atoms with Gasteiger partial charge in [0.2, 0.25) is 0 Å². The summed E-state index contributed by atoms with van der Waals surface area (Å²) in [7, 11) is 0.393. The Labute approximate surface area is 144 Å². The predicted molar refractivity (Wildman–Crippen MR) is 105 cm³/mol. The number of nitrogens with zero attached hydrogens (tertiary/aromatic N) is 1. The van der Waals surface area contributed by atoms with Gasteiger partial charge in [-0.2, -0.15) is 0 Å². The van der Waals surface area contributed by atoms with E-state index < -0.39 is 0 Å². The minimum Gasteiger partial charge on any atom is -0.507 e. The fourth-order valence-electron chi connectivity index (χ4n) is 2.46. The lowest BCUT2D eigenvalue weighted by atomic mass is 10.1. The summed E-state index contributed by atoms with van der Waals surface area (Å²) in [5, 5.41) is 12.3. The molecule has 0 saturated heterocycles. The molecule has 0 aromatic heterocycles. The average molecular weight is 333 g/mol. The molecule has 3 rings (SSSR count). The normalized spacial score (nSPS) is 11.6. The molecule has 24 heavy (non-hydrogen) atoms. The first-order valence-electron chi connectivity index (χ1n) is 7.88. The molecule has 0 radical (unpaired) electrons. The zero-order valence-corrected chi connectivity index (χ0v) is 14.8. The third-order valence-electron chi connectivity index (χ3n) is 3.74. The Morgan fingerprint density at radius 1 is 0.833 bits per heavy atom. The SMILES string of the molecule is Cc1ccc(Pc2cc(C)ccc2O)c(/C=N/c2ccccc2)c1. The number of aromatic hydroxyl groups is 1. The molecule has 3 heteroatoms. The maximum absolute atomic E-state index is 10.1. The van der Waals surface area contributed by atoms with Crippen LogP contribution in [-0.2, 0) is 0 Å². The number of rotatable bonds is 4. The maximum Gasteiger partial charge on any atom is 0.123 e. The van der Waals surface area contributed by atoms with E-state index in [0.29, 0.717) is 14.3 Å². The van der Waals surface area contributed by atoms with Gasteiger partial charge < -0.3 is 5.11 Å². The van der Waals surface area contributed by atoms with Gasteiger partial charge in [0.1, 0.15) is 5.75 Å². The molecule has 1 unspecified atom stereocenters. The molecule has 0 saturated carbocycles. The first kappa shape index (κ1) is 16.4. The molecule has 0 heterocycles. The van der Waals surface area contributed by atoms with Crippen LogP contribution in [-0.4, -0.2) is 11.3 Å². The summed E-state index contributed by atoms with van der Waals surface area (Å²) in [5.74, 6) is 0.352. The first-order chi connectivity index (χ1) is 11.6. The maximum atomic E-state index is 10.1. The molecule has 3 aromatic rings. The van der Waals surface area contributed by atoms with Crippen LogP contribution in [0.2, 0.25) is 0 Å². The van der Waals surface area contributed by atoms with Gasteiger partial charge in [-0.05, 0) is 49.5 Å². The van der Waals surface area contributed by atoms with E-state index in [9.17, 15) is 5.11 Å². The molecule has 0 fully saturated rings. The van der Waals surface area contributed by atoms with E-state index in [1.54, 1.807) is 6.07 Å². The van der Waals surface area contributed by atoms with Crippen LogP contribution in [0.25, 0.3) is 0 Å². The van der Waals surface area contributed by atoms with Gasteiger partial charge in [-0.3, -0.25) is 4.99 Å². The molecule has 1 atom stereocenters. The van der Waals surface area contributed by atoms with Gasteiger partial charge >= 0.3 is 0 Å². The summed E-state index contributed by atoms with van der Waals surface area (Å²) < 4.78 is 0. The minimum absolute atomic E-state index is 0.352. The van der Waals surface area contributed by atoms with Crippen LogP contribution in [0.1, 0.15) is 16.7 Å². The summed E-state index contributed by atoms with van der Waals surface area (Å²) in [5.41, 5.74) is 4.39. The number of aryl methyl sites for hydroxylation is 2. The summed E-state index contributed by atoms with van der Waals surface area (Å²) in [4.78, 5) is 4.58. The van der Waals surface area contributed by atoms with Gasteiger partial charge in [0, 0.05) is 17.1 Å². The number of hydrogen-bond acceptors (Lipinski definition) is 2. The summed E-state index contributed by atoms with van der Waals surface area (Å²) >= 11 is 0. The van der Waals surface area contributed by atoms with Crippen molar-refractivity contribution < 1.29 is 5.11 Å². The molecule has 0 spiro atoms. The number of phenols is 1. The lowest BCUT2D eigenvalue weighted by Crippen LogP contribution is -2.10. The highest BCUT2D eigenvalue weighted by molar-refractivity contribution is 7.56. The van der Waals surface area contributed by atoms with Crippen LogP contribution < -0.4 is 10.6 Å². The quantitative estimate of drug-likeness (QED) is 0.557. The van der Waals surface area contributed by atoms with Crippen molar-refractivity contribution in [2.75, 3.05) is 0 Å². The average Bonchev–Trinajstić information content (AvgIpc) is 2.59. The molecule has 0 aliphatic heterocycles. The third kappa shape index (κ3) is 4.10. The molecule has 3 aromatic carbocycles. The van der Waals surface area contributed by atoms with E-state index in [1.165, 1.54) is 10.9 Å². The van der Waals surface area contributed by atoms with Gasteiger partial charge in [-0.1, -0.05) is 56.1 Å². The third-order valence-corrected chi connectivity index (χ3v) is 5.13. The standard InChI is InChI=1S/C21H20NOP/c1-15-9-11-20(24-21-13-16(2)8-10-19(21)23)17(12-15)14-22-18-6-4-3-5-7-18/h3-14,23-24H,1-2H3/b22-14+. The zero-order valence-electron chi connectivity index (χ0n) is 13.8. The van der Waals surface area contributed by atoms with E-state index in [2.05, 4.69) is 30.1 Å². The molecular formula is C21H20NOP. The van der Waals surface area contributed by atoms with E-state index in [-0.39, 0.29) is 0 Å². The molecule has 120 valence electrons. The smallest absolute Gasteiger partial charge is 0.123 e. The van der Waals surface area contributed by atoms with Crippen LogP contribution in [0.4, 0.5) is 5.69 Å². The topological polar surface area (TPSA) is 32.6 Å². The molecule has 0 amide bonds. The minimum atomic E-state index is 0.352. The number of hydrogen-bond donors (Lipinski definition) is 1. The van der Waals surface area contributed by atoms with Gasteiger partial charge in [0.05, 0.1) is 5.69 Å². The second-order valence-electron chi connectivity index (χ2n) is 5.83. The monoisotopic (exact) mass is 333 g/mol. The van der Waals surface area contributed by atoms with E-state index in [1.807, 2.05) is 55.6 Å². The Balaban J connectivity index is 1.94. The van der Waals surface area contributed by atoms with Crippen molar-refractivity contribution >= 4 is 31.1 Å². The highest BCUT2D eigenvalue weighted by Gasteiger charge is 2.07. The second kappa shape index (κ2) is 7.42. The van der Waals surface area contributed by atoms with Crippen molar-refractivity contribution in [3.05, 3.63) is 83.4 Å². The first-order valence-corrected chi connectivity index (χ1v) is 8.88. The van der Waals surface area contributed by atoms with E-state index >= 15 is 0 Å². The molecule has 1 N–H and O–H groups in total. The van der Waals surface area contributed by atoms with Crippen molar-refractivity contribution in [1.29, 1.82) is 0 Å². The van der Waals surface area contributed by atoms with Gasteiger partial charge in [0.25, 0.3) is 0 Å². The Hall–Kier alpha value is -2.44. The van der Waals surface area contributed by atoms with E-state index in [4.69, 9.17) is 0 Å². The van der Waals surface area contributed by atoms with Crippen molar-refractivity contribution in [3.8, 4) is 5.75 Å². The van der Waals surface area contributed by atoms with Crippen molar-refractivity contribution in [2.24, 2.45) is 4.99 Å². The Bertz CT molecular complexity index is 872. The molecule has 0 bridgehead atoms. The van der Waals surface area contributed by atoms with Gasteiger partial charge in [0.15, 0.2) is 0 Å². The molecule has 2 nitrogen and oxygen atoms in total. The van der Waals surface area contributed by atoms with Crippen LogP contribution in [0.3, 0.4) is 0 Å². The van der Waals surface area contributed by atoms with Crippen LogP contribution in [0.5, 0.6) is 5.75 Å². The lowest BCUT2D eigenvalue weighted by Gasteiger charge is -2.10. The second-order valence-corrected chi connectivity index (χ2v) is 7.16. The largest absolute Gasteiger partial charge is 0.507 e. The van der Waals surface area contributed by atoms with Crippen molar-refractivity contribution in [2.45, 2.75) is 13.8 Å². The van der Waals surface area contributed by atoms with Gasteiger partial charge in [-0.15, -0.1) is 0 Å². The summed E-state index contributed by atoms with van der Waals surface area (Å²) in [6, 6.07) is 22.0.